The minimum Gasteiger partial charge on any atom is -0.434 e. The molecule has 0 radical (unpaired) electrons. The molecule has 0 heterocycles. The van der Waals surface area contributed by atoms with Crippen LogP contribution in [-0.4, -0.2) is 24.6 Å². The summed E-state index contributed by atoms with van der Waals surface area (Å²) >= 11 is 3.27. The lowest BCUT2D eigenvalue weighted by molar-refractivity contribution is -0.121. The number of hydrogen-bond donors (Lipinski definition) is 2. The molecule has 0 aliphatic carbocycles. The van der Waals surface area contributed by atoms with E-state index >= 15 is 0 Å². The third-order valence-corrected chi connectivity index (χ3v) is 2.85. The summed E-state index contributed by atoms with van der Waals surface area (Å²) in [4.78, 5) is 11.6. The Morgan fingerprint density at radius 2 is 2.05 bits per heavy atom. The SMILES string of the molecule is CC(C)(C)NC(=O)CNCc1cc(Br)ccc1OC(F)F. The van der Waals surface area contributed by atoms with Crippen molar-refractivity contribution in [3.8, 4) is 5.75 Å². The molecule has 0 spiro atoms. The molecule has 1 aromatic rings. The average Bonchev–Trinajstić information content (AvgIpc) is 2.29. The number of carbonyl (C=O) groups excluding carboxylic acids is 1. The van der Waals surface area contributed by atoms with E-state index in [1.54, 1.807) is 12.1 Å². The molecule has 2 N–H and O–H groups in total. The van der Waals surface area contributed by atoms with E-state index in [-0.39, 0.29) is 30.3 Å². The monoisotopic (exact) mass is 364 g/mol. The van der Waals surface area contributed by atoms with Crippen molar-refractivity contribution < 1.29 is 18.3 Å². The highest BCUT2D eigenvalue weighted by atomic mass is 79.9. The summed E-state index contributed by atoms with van der Waals surface area (Å²) in [5, 5.41) is 5.71. The summed E-state index contributed by atoms with van der Waals surface area (Å²) in [6.45, 7) is 3.11. The molecule has 1 aromatic carbocycles. The van der Waals surface area contributed by atoms with Crippen molar-refractivity contribution in [2.75, 3.05) is 6.54 Å². The van der Waals surface area contributed by atoms with Gasteiger partial charge in [0.2, 0.25) is 5.91 Å². The van der Waals surface area contributed by atoms with Gasteiger partial charge in [0.05, 0.1) is 6.54 Å². The molecule has 0 aliphatic rings. The van der Waals surface area contributed by atoms with Crippen LogP contribution < -0.4 is 15.4 Å². The molecule has 0 aromatic heterocycles. The molecular weight excluding hydrogens is 346 g/mol. The fourth-order valence-electron chi connectivity index (χ4n) is 1.67. The van der Waals surface area contributed by atoms with E-state index in [0.717, 1.165) is 4.47 Å². The zero-order chi connectivity index (χ0) is 16.0. The summed E-state index contributed by atoms with van der Waals surface area (Å²) in [7, 11) is 0. The Kier molecular flexibility index (Phi) is 6.54. The number of carbonyl (C=O) groups is 1. The van der Waals surface area contributed by atoms with E-state index in [1.165, 1.54) is 6.07 Å². The van der Waals surface area contributed by atoms with Crippen LogP contribution in [0.5, 0.6) is 5.75 Å². The molecule has 0 saturated carbocycles. The van der Waals surface area contributed by atoms with Gasteiger partial charge in [0.1, 0.15) is 5.75 Å². The molecule has 118 valence electrons. The smallest absolute Gasteiger partial charge is 0.387 e. The quantitative estimate of drug-likeness (QED) is 0.815. The second-order valence-corrected chi connectivity index (χ2v) is 6.45. The van der Waals surface area contributed by atoms with Gasteiger partial charge in [-0.25, -0.2) is 0 Å². The van der Waals surface area contributed by atoms with Crippen LogP contribution in [0.4, 0.5) is 8.78 Å². The van der Waals surface area contributed by atoms with E-state index in [2.05, 4.69) is 31.3 Å². The summed E-state index contributed by atoms with van der Waals surface area (Å²) < 4.78 is 29.8. The Morgan fingerprint density at radius 1 is 1.38 bits per heavy atom. The van der Waals surface area contributed by atoms with Crippen LogP contribution in [0.25, 0.3) is 0 Å². The third kappa shape index (κ3) is 7.38. The van der Waals surface area contributed by atoms with Crippen LogP contribution in [0.1, 0.15) is 26.3 Å². The van der Waals surface area contributed by atoms with Gasteiger partial charge < -0.3 is 15.4 Å². The molecule has 0 saturated heterocycles. The Hall–Kier alpha value is -1.21. The molecule has 7 heteroatoms. The highest BCUT2D eigenvalue weighted by Gasteiger charge is 2.14. The number of halogens is 3. The minimum atomic E-state index is -2.88. The van der Waals surface area contributed by atoms with Gasteiger partial charge >= 0.3 is 6.61 Å². The number of alkyl halides is 2. The van der Waals surface area contributed by atoms with Crippen molar-refractivity contribution in [3.05, 3.63) is 28.2 Å². The van der Waals surface area contributed by atoms with Gasteiger partial charge in [-0.3, -0.25) is 4.79 Å². The van der Waals surface area contributed by atoms with Gasteiger partial charge in [-0.2, -0.15) is 8.78 Å². The van der Waals surface area contributed by atoms with Crippen molar-refractivity contribution in [3.63, 3.8) is 0 Å². The molecule has 0 fully saturated rings. The van der Waals surface area contributed by atoms with E-state index < -0.39 is 6.61 Å². The Bertz CT molecular complexity index is 490. The molecular formula is C14H19BrF2N2O2. The number of amides is 1. The number of hydrogen-bond acceptors (Lipinski definition) is 3. The van der Waals surface area contributed by atoms with Crippen molar-refractivity contribution in [1.29, 1.82) is 0 Å². The molecule has 0 aliphatic heterocycles. The topological polar surface area (TPSA) is 50.4 Å². The van der Waals surface area contributed by atoms with E-state index in [0.29, 0.717) is 5.56 Å². The lowest BCUT2D eigenvalue weighted by Gasteiger charge is -2.20. The molecule has 0 atom stereocenters. The predicted molar refractivity (Wildman–Crippen MR) is 80.4 cm³/mol. The van der Waals surface area contributed by atoms with E-state index in [1.807, 2.05) is 20.8 Å². The maximum atomic E-state index is 12.3. The van der Waals surface area contributed by atoms with Gasteiger partial charge in [-0.05, 0) is 39.0 Å². The Balaban J connectivity index is 2.58. The predicted octanol–water partition coefficient (Wildman–Crippen LogP) is 3.05. The molecule has 1 amide bonds. The minimum absolute atomic E-state index is 0.0944. The number of ether oxygens (including phenoxy) is 1. The van der Waals surface area contributed by atoms with Gasteiger partial charge in [0.15, 0.2) is 0 Å². The summed E-state index contributed by atoms with van der Waals surface area (Å²) in [6.07, 6.45) is 0. The molecule has 0 bridgehead atoms. The van der Waals surface area contributed by atoms with E-state index in [9.17, 15) is 13.6 Å². The van der Waals surface area contributed by atoms with Crippen LogP contribution in [0.2, 0.25) is 0 Å². The molecule has 21 heavy (non-hydrogen) atoms. The van der Waals surface area contributed by atoms with E-state index in [4.69, 9.17) is 0 Å². The summed E-state index contributed by atoms with van der Waals surface area (Å²) in [5.74, 6) is -0.0641. The fourth-order valence-corrected chi connectivity index (χ4v) is 2.08. The second-order valence-electron chi connectivity index (χ2n) is 5.53. The summed E-state index contributed by atoms with van der Waals surface area (Å²) in [5.41, 5.74) is 0.242. The Morgan fingerprint density at radius 3 is 2.62 bits per heavy atom. The number of rotatable bonds is 6. The largest absolute Gasteiger partial charge is 0.434 e. The Labute approximate surface area is 131 Å². The van der Waals surface area contributed by atoms with Gasteiger partial charge in [0, 0.05) is 22.1 Å². The number of benzene rings is 1. The lowest BCUT2D eigenvalue weighted by Crippen LogP contribution is -2.44. The standard InChI is InChI=1S/C14H19BrF2N2O2/c1-14(2,3)19-12(20)8-18-7-9-6-10(15)4-5-11(9)21-13(16)17/h4-6,13,18H,7-8H2,1-3H3,(H,19,20). The maximum absolute atomic E-state index is 12.3. The first-order valence-corrected chi connectivity index (χ1v) is 7.21. The maximum Gasteiger partial charge on any atom is 0.387 e. The van der Waals surface area contributed by atoms with Crippen molar-refractivity contribution in [1.82, 2.24) is 10.6 Å². The van der Waals surface area contributed by atoms with Gasteiger partial charge in [-0.15, -0.1) is 0 Å². The van der Waals surface area contributed by atoms with Crippen LogP contribution in [0.15, 0.2) is 22.7 Å². The first kappa shape index (κ1) is 17.8. The van der Waals surface area contributed by atoms with Crippen molar-refractivity contribution in [2.24, 2.45) is 0 Å². The van der Waals surface area contributed by atoms with Gasteiger partial charge in [0.25, 0.3) is 0 Å². The van der Waals surface area contributed by atoms with Crippen molar-refractivity contribution in [2.45, 2.75) is 39.5 Å². The zero-order valence-electron chi connectivity index (χ0n) is 12.2. The van der Waals surface area contributed by atoms with Gasteiger partial charge in [-0.1, -0.05) is 15.9 Å². The van der Waals surface area contributed by atoms with Crippen molar-refractivity contribution >= 4 is 21.8 Å². The zero-order valence-corrected chi connectivity index (χ0v) is 13.8. The first-order valence-electron chi connectivity index (χ1n) is 6.42. The third-order valence-electron chi connectivity index (χ3n) is 2.35. The number of nitrogens with one attached hydrogen (secondary N) is 2. The molecule has 4 nitrogen and oxygen atoms in total. The van der Waals surface area contributed by atoms with Crippen LogP contribution >= 0.6 is 15.9 Å². The van der Waals surface area contributed by atoms with Crippen LogP contribution in [0, 0.1) is 0 Å². The fraction of sp³-hybridized carbons (Fsp3) is 0.500. The highest BCUT2D eigenvalue weighted by Crippen LogP contribution is 2.24. The highest BCUT2D eigenvalue weighted by molar-refractivity contribution is 9.10. The second kappa shape index (κ2) is 7.70. The van der Waals surface area contributed by atoms with Crippen LogP contribution in [-0.2, 0) is 11.3 Å². The summed E-state index contributed by atoms with van der Waals surface area (Å²) in [6, 6.07) is 4.75. The average molecular weight is 365 g/mol. The molecule has 0 unspecified atom stereocenters. The normalized spacial score (nSPS) is 11.6. The molecule has 1 rings (SSSR count). The van der Waals surface area contributed by atoms with Crippen LogP contribution in [0.3, 0.4) is 0 Å². The lowest BCUT2D eigenvalue weighted by atomic mass is 10.1. The first-order chi connectivity index (χ1) is 9.67.